The molecule has 0 aliphatic carbocycles. The predicted octanol–water partition coefficient (Wildman–Crippen LogP) is 3.02. The summed E-state index contributed by atoms with van der Waals surface area (Å²) in [6, 6.07) is 16.8. The molecular formula is C16H17BN2O. The van der Waals surface area contributed by atoms with E-state index in [0.717, 1.165) is 0 Å². The molecule has 0 heterocycles. The molecular weight excluding hydrogens is 247 g/mol. The summed E-state index contributed by atoms with van der Waals surface area (Å²) in [7, 11) is 0. The lowest BCUT2D eigenvalue weighted by Crippen LogP contribution is -2.22. The van der Waals surface area contributed by atoms with Crippen molar-refractivity contribution in [3.8, 4) is 0 Å². The van der Waals surface area contributed by atoms with Crippen molar-refractivity contribution in [1.29, 1.82) is 10.8 Å². The lowest BCUT2D eigenvalue weighted by Gasteiger charge is -2.09. The van der Waals surface area contributed by atoms with E-state index in [1.165, 1.54) is 5.46 Å². The fraction of sp³-hybridized carbons (Fsp3) is 0.125. The average molecular weight is 264 g/mol. The maximum Gasteiger partial charge on any atom is 0.221 e. The summed E-state index contributed by atoms with van der Waals surface area (Å²) in [6.45, 7) is 4.71. The van der Waals surface area contributed by atoms with E-state index >= 15 is 0 Å². The van der Waals surface area contributed by atoms with Gasteiger partial charge in [-0.15, -0.1) is 0 Å². The van der Waals surface area contributed by atoms with Gasteiger partial charge in [-0.3, -0.25) is 10.8 Å². The Morgan fingerprint density at radius 1 is 0.800 bits per heavy atom. The second kappa shape index (κ2) is 6.19. The summed E-state index contributed by atoms with van der Waals surface area (Å²) in [5.41, 5.74) is 2.56. The molecule has 0 spiro atoms. The third kappa shape index (κ3) is 3.35. The van der Waals surface area contributed by atoms with Crippen molar-refractivity contribution in [3.63, 3.8) is 0 Å². The van der Waals surface area contributed by atoms with Gasteiger partial charge in [0.25, 0.3) is 0 Å². The van der Waals surface area contributed by atoms with E-state index in [4.69, 9.17) is 15.6 Å². The molecule has 0 atom stereocenters. The molecule has 2 N–H and O–H groups in total. The highest BCUT2D eigenvalue weighted by molar-refractivity contribution is 6.70. The maximum atomic E-state index is 7.92. The number of ether oxygens (including phenoxy) is 1. The van der Waals surface area contributed by atoms with Crippen molar-refractivity contribution >= 4 is 24.0 Å². The van der Waals surface area contributed by atoms with Crippen LogP contribution < -0.4 is 5.46 Å². The summed E-state index contributed by atoms with van der Waals surface area (Å²) < 4.78 is 5.29. The van der Waals surface area contributed by atoms with Crippen LogP contribution in [0.1, 0.15) is 11.1 Å². The molecule has 0 saturated carbocycles. The first-order valence-corrected chi connectivity index (χ1v) is 6.58. The van der Waals surface area contributed by atoms with Crippen LogP contribution in [0.15, 0.2) is 54.6 Å². The highest BCUT2D eigenvalue weighted by atomic mass is 16.5. The lowest BCUT2D eigenvalue weighted by atomic mass is 9.49. The van der Waals surface area contributed by atoms with Gasteiger partial charge in [-0.1, -0.05) is 61.6 Å². The van der Waals surface area contributed by atoms with Crippen LogP contribution >= 0.6 is 0 Å². The van der Waals surface area contributed by atoms with Crippen molar-refractivity contribution in [1.82, 2.24) is 0 Å². The molecule has 0 fully saturated rings. The topological polar surface area (TPSA) is 56.9 Å². The molecule has 2 rings (SSSR count). The van der Waals surface area contributed by atoms with Gasteiger partial charge in [-0.05, 0) is 12.1 Å². The third-order valence-electron chi connectivity index (χ3n) is 3.08. The van der Waals surface area contributed by atoms with E-state index in [1.807, 2.05) is 42.5 Å². The minimum absolute atomic E-state index is 0.00541. The smallest absolute Gasteiger partial charge is 0.221 e. The maximum absolute atomic E-state index is 7.92. The van der Waals surface area contributed by atoms with Crippen LogP contribution in [0, 0.1) is 10.8 Å². The van der Waals surface area contributed by atoms with Gasteiger partial charge in [0.2, 0.25) is 11.8 Å². The first kappa shape index (κ1) is 14.1. The number of nitrogens with one attached hydrogen (secondary N) is 2. The number of hydrogen-bond acceptors (Lipinski definition) is 3. The SMILES string of the molecule is CB(C)c1ccc(C(=N)OC(=N)c2ccccc2)cc1. The minimum atomic E-state index is -0.0106. The van der Waals surface area contributed by atoms with Crippen molar-refractivity contribution < 1.29 is 4.74 Å². The molecule has 0 aromatic heterocycles. The van der Waals surface area contributed by atoms with Gasteiger partial charge in [0.05, 0.1) is 0 Å². The Bertz CT molecular complexity index is 606. The Balaban J connectivity index is 2.07. The van der Waals surface area contributed by atoms with Crippen LogP contribution in [-0.4, -0.2) is 18.5 Å². The second-order valence-corrected chi connectivity index (χ2v) is 4.90. The van der Waals surface area contributed by atoms with Crippen molar-refractivity contribution in [2.45, 2.75) is 13.6 Å². The van der Waals surface area contributed by atoms with Crippen LogP contribution in [-0.2, 0) is 4.74 Å². The molecule has 0 amide bonds. The number of hydrogen-bond donors (Lipinski definition) is 2. The first-order chi connectivity index (χ1) is 9.58. The molecule has 20 heavy (non-hydrogen) atoms. The quantitative estimate of drug-likeness (QED) is 0.499. The summed E-state index contributed by atoms with van der Waals surface area (Å²) in [4.78, 5) is 0. The average Bonchev–Trinajstić information content (AvgIpc) is 2.48. The zero-order valence-corrected chi connectivity index (χ0v) is 11.7. The van der Waals surface area contributed by atoms with Gasteiger partial charge < -0.3 is 4.74 Å². The third-order valence-corrected chi connectivity index (χ3v) is 3.08. The molecule has 0 unspecified atom stereocenters. The Hall–Kier alpha value is -2.36. The van der Waals surface area contributed by atoms with E-state index in [1.54, 1.807) is 12.1 Å². The molecule has 4 heteroatoms. The molecule has 0 radical (unpaired) electrons. The standard InChI is InChI=1S/C16H17BN2O/c1-17(2)14-10-8-13(9-11-14)16(19)20-15(18)12-6-4-3-5-7-12/h3-11,18-19H,1-2H3. The molecule has 2 aromatic rings. The molecule has 2 aromatic carbocycles. The first-order valence-electron chi connectivity index (χ1n) is 6.58. The van der Waals surface area contributed by atoms with Gasteiger partial charge in [0, 0.05) is 11.1 Å². The van der Waals surface area contributed by atoms with Crippen LogP contribution in [0.4, 0.5) is 0 Å². The Morgan fingerprint density at radius 3 is 1.80 bits per heavy atom. The van der Waals surface area contributed by atoms with Crippen molar-refractivity contribution in [2.75, 3.05) is 0 Å². The van der Waals surface area contributed by atoms with Crippen LogP contribution in [0.2, 0.25) is 13.6 Å². The van der Waals surface area contributed by atoms with E-state index in [2.05, 4.69) is 13.6 Å². The van der Waals surface area contributed by atoms with Crippen LogP contribution in [0.25, 0.3) is 0 Å². The van der Waals surface area contributed by atoms with Crippen LogP contribution in [0.5, 0.6) is 0 Å². The summed E-state index contributed by atoms with van der Waals surface area (Å²) >= 11 is 0. The Labute approximate surface area is 119 Å². The minimum Gasteiger partial charge on any atom is -0.421 e. The summed E-state index contributed by atoms with van der Waals surface area (Å²) in [6.07, 6.45) is 0. The van der Waals surface area contributed by atoms with E-state index < -0.39 is 0 Å². The summed E-state index contributed by atoms with van der Waals surface area (Å²) in [5.74, 6) is -0.0160. The van der Waals surface area contributed by atoms with Crippen molar-refractivity contribution in [3.05, 3.63) is 65.7 Å². The largest absolute Gasteiger partial charge is 0.421 e. The van der Waals surface area contributed by atoms with Gasteiger partial charge in [0.1, 0.15) is 0 Å². The zero-order valence-electron chi connectivity index (χ0n) is 11.7. The van der Waals surface area contributed by atoms with Gasteiger partial charge in [-0.2, -0.15) is 0 Å². The van der Waals surface area contributed by atoms with Crippen molar-refractivity contribution in [2.24, 2.45) is 0 Å². The normalized spacial score (nSPS) is 9.90. The fourth-order valence-electron chi connectivity index (χ4n) is 1.83. The fourth-order valence-corrected chi connectivity index (χ4v) is 1.83. The second-order valence-electron chi connectivity index (χ2n) is 4.90. The number of benzene rings is 2. The van der Waals surface area contributed by atoms with Crippen LogP contribution in [0.3, 0.4) is 0 Å². The summed E-state index contributed by atoms with van der Waals surface area (Å²) in [5, 5.41) is 15.8. The van der Waals surface area contributed by atoms with Gasteiger partial charge in [0.15, 0.2) is 6.71 Å². The Morgan fingerprint density at radius 2 is 1.30 bits per heavy atom. The molecule has 0 aliphatic heterocycles. The highest BCUT2D eigenvalue weighted by Gasteiger charge is 2.09. The Kier molecular flexibility index (Phi) is 4.36. The molecule has 3 nitrogen and oxygen atoms in total. The molecule has 100 valence electrons. The predicted molar refractivity (Wildman–Crippen MR) is 84.7 cm³/mol. The van der Waals surface area contributed by atoms with Gasteiger partial charge >= 0.3 is 0 Å². The zero-order chi connectivity index (χ0) is 14.5. The number of rotatable bonds is 3. The van der Waals surface area contributed by atoms with E-state index in [9.17, 15) is 0 Å². The monoisotopic (exact) mass is 264 g/mol. The van der Waals surface area contributed by atoms with E-state index in [-0.39, 0.29) is 11.8 Å². The highest BCUT2D eigenvalue weighted by Crippen LogP contribution is 2.06. The molecule has 0 bridgehead atoms. The van der Waals surface area contributed by atoms with E-state index in [0.29, 0.717) is 17.8 Å². The lowest BCUT2D eigenvalue weighted by molar-refractivity contribution is 0.538. The molecule has 0 saturated heterocycles. The molecule has 0 aliphatic rings. The van der Waals surface area contributed by atoms with Gasteiger partial charge in [-0.25, -0.2) is 0 Å².